The molecule has 24 heavy (non-hydrogen) atoms. The second-order valence-corrected chi connectivity index (χ2v) is 6.75. The summed E-state index contributed by atoms with van der Waals surface area (Å²) in [5.74, 6) is 2.57. The van der Waals surface area contributed by atoms with Crippen molar-refractivity contribution < 1.29 is 4.74 Å². The molecule has 0 spiro atoms. The molecule has 6 heteroatoms. The number of ether oxygens (including phenoxy) is 1. The molecule has 1 saturated carbocycles. The molecule has 0 bridgehead atoms. The predicted molar refractivity (Wildman–Crippen MR) is 96.9 cm³/mol. The number of nitrogens with one attached hydrogen (secondary N) is 1. The lowest BCUT2D eigenvalue weighted by Gasteiger charge is -2.08. The van der Waals surface area contributed by atoms with Crippen LogP contribution in [0.4, 0.5) is 0 Å². The molecule has 2 atom stereocenters. The van der Waals surface area contributed by atoms with Gasteiger partial charge in [0.2, 0.25) is 0 Å². The fraction of sp³-hybridized carbons (Fsp3) is 0.222. The van der Waals surface area contributed by atoms with Gasteiger partial charge >= 0.3 is 0 Å². The van der Waals surface area contributed by atoms with Crippen molar-refractivity contribution in [2.75, 3.05) is 7.11 Å². The Morgan fingerprint density at radius 3 is 2.75 bits per heavy atom. The maximum Gasteiger partial charge on any atom is 0.199 e. The number of hydrogen-bond acceptors (Lipinski definition) is 3. The monoisotopic (exact) mass is 357 g/mol. The summed E-state index contributed by atoms with van der Waals surface area (Å²) in [6, 6.07) is 15.9. The molecule has 0 saturated heterocycles. The van der Waals surface area contributed by atoms with Gasteiger partial charge in [0.1, 0.15) is 11.6 Å². The van der Waals surface area contributed by atoms with E-state index in [2.05, 4.69) is 22.3 Å². The minimum Gasteiger partial charge on any atom is -0.497 e. The van der Waals surface area contributed by atoms with Crippen molar-refractivity contribution in [3.63, 3.8) is 0 Å². The smallest absolute Gasteiger partial charge is 0.199 e. The van der Waals surface area contributed by atoms with E-state index in [0.29, 0.717) is 16.6 Å². The Hall–Kier alpha value is -2.11. The van der Waals surface area contributed by atoms with Crippen LogP contribution < -0.4 is 4.74 Å². The molecule has 1 heterocycles. The van der Waals surface area contributed by atoms with Gasteiger partial charge < -0.3 is 4.74 Å². The number of aromatic nitrogens is 3. The molecule has 1 aliphatic rings. The number of hydrogen-bond donors (Lipinski definition) is 1. The van der Waals surface area contributed by atoms with Gasteiger partial charge in [0.25, 0.3) is 0 Å². The molecular formula is C18H16ClN3OS. The molecule has 1 N–H and O–H groups in total. The zero-order chi connectivity index (χ0) is 16.7. The summed E-state index contributed by atoms with van der Waals surface area (Å²) < 4.78 is 7.92. The summed E-state index contributed by atoms with van der Waals surface area (Å²) in [6.07, 6.45) is 1.06. The average molecular weight is 358 g/mol. The quantitative estimate of drug-likeness (QED) is 0.678. The van der Waals surface area contributed by atoms with E-state index in [4.69, 9.17) is 28.6 Å². The Kier molecular flexibility index (Phi) is 3.90. The van der Waals surface area contributed by atoms with Crippen molar-refractivity contribution in [3.05, 3.63) is 69.7 Å². The minimum atomic E-state index is 0.352. The zero-order valence-corrected chi connectivity index (χ0v) is 14.6. The largest absolute Gasteiger partial charge is 0.497 e. The highest BCUT2D eigenvalue weighted by molar-refractivity contribution is 7.71. The van der Waals surface area contributed by atoms with Crippen LogP contribution in [0.1, 0.15) is 29.6 Å². The Labute approximate surface area is 150 Å². The molecule has 4 rings (SSSR count). The number of rotatable bonds is 4. The molecule has 0 radical (unpaired) electrons. The molecule has 0 unspecified atom stereocenters. The fourth-order valence-corrected chi connectivity index (χ4v) is 3.49. The lowest BCUT2D eigenvalue weighted by Crippen LogP contribution is -2.01. The Morgan fingerprint density at radius 1 is 1.21 bits per heavy atom. The second-order valence-electron chi connectivity index (χ2n) is 5.92. The topological polar surface area (TPSA) is 42.8 Å². The number of nitrogens with zero attached hydrogens (tertiary/aromatic N) is 2. The summed E-state index contributed by atoms with van der Waals surface area (Å²) in [5.41, 5.74) is 2.25. The number of H-pyrrole nitrogens is 1. The van der Waals surface area contributed by atoms with Gasteiger partial charge in [0.15, 0.2) is 4.77 Å². The van der Waals surface area contributed by atoms with Gasteiger partial charge in [-0.3, -0.25) is 9.67 Å². The van der Waals surface area contributed by atoms with Crippen LogP contribution >= 0.6 is 23.8 Å². The van der Waals surface area contributed by atoms with Gasteiger partial charge in [-0.2, -0.15) is 5.10 Å². The summed E-state index contributed by atoms with van der Waals surface area (Å²) in [6.45, 7) is 0. The van der Waals surface area contributed by atoms with Gasteiger partial charge in [0, 0.05) is 17.0 Å². The number of methoxy groups -OCH3 is 1. The predicted octanol–water partition coefficient (Wildman–Crippen LogP) is 4.86. The van der Waals surface area contributed by atoms with Crippen molar-refractivity contribution in [2.45, 2.75) is 18.3 Å². The molecule has 2 aromatic carbocycles. The normalized spacial score (nSPS) is 19.2. The Morgan fingerprint density at radius 2 is 2.00 bits per heavy atom. The minimum absolute atomic E-state index is 0.352. The first-order valence-corrected chi connectivity index (χ1v) is 8.53. The van der Waals surface area contributed by atoms with Crippen LogP contribution in [0.3, 0.4) is 0 Å². The molecule has 0 aliphatic heterocycles. The van der Waals surface area contributed by atoms with Crippen molar-refractivity contribution >= 4 is 23.8 Å². The third-order valence-electron chi connectivity index (χ3n) is 4.43. The van der Waals surface area contributed by atoms with E-state index in [1.807, 2.05) is 41.0 Å². The summed E-state index contributed by atoms with van der Waals surface area (Å²) in [7, 11) is 1.66. The van der Waals surface area contributed by atoms with Crippen LogP contribution in [0.5, 0.6) is 5.75 Å². The van der Waals surface area contributed by atoms with Crippen molar-refractivity contribution in [3.8, 4) is 11.4 Å². The van der Waals surface area contributed by atoms with Gasteiger partial charge in [-0.15, -0.1) is 0 Å². The molecule has 4 nitrogen and oxygen atoms in total. The van der Waals surface area contributed by atoms with Gasteiger partial charge in [-0.1, -0.05) is 29.8 Å². The summed E-state index contributed by atoms with van der Waals surface area (Å²) in [4.78, 5) is 0. The molecule has 3 aromatic rings. The average Bonchev–Trinajstić information content (AvgIpc) is 3.30. The lowest BCUT2D eigenvalue weighted by atomic mass is 10.1. The fourth-order valence-electron chi connectivity index (χ4n) is 3.12. The first-order chi connectivity index (χ1) is 11.7. The third-order valence-corrected chi connectivity index (χ3v) is 4.96. The zero-order valence-electron chi connectivity index (χ0n) is 13.1. The second kappa shape index (κ2) is 6.07. The van der Waals surface area contributed by atoms with Crippen LogP contribution in [-0.2, 0) is 0 Å². The van der Waals surface area contributed by atoms with E-state index >= 15 is 0 Å². The highest BCUT2D eigenvalue weighted by atomic mass is 35.5. The van der Waals surface area contributed by atoms with E-state index in [1.54, 1.807) is 7.11 Å². The molecule has 1 aliphatic carbocycles. The SMILES string of the molecule is COc1cccc(-n2c([C@@H]3C[C@H]3c3ccc(Cl)cc3)n[nH]c2=S)c1. The van der Waals surface area contributed by atoms with Crippen LogP contribution in [0.25, 0.3) is 5.69 Å². The van der Waals surface area contributed by atoms with Crippen LogP contribution in [-0.4, -0.2) is 21.9 Å². The highest BCUT2D eigenvalue weighted by Gasteiger charge is 2.43. The van der Waals surface area contributed by atoms with Crippen molar-refractivity contribution in [1.82, 2.24) is 14.8 Å². The van der Waals surface area contributed by atoms with E-state index in [-0.39, 0.29) is 0 Å². The molecular weight excluding hydrogens is 342 g/mol. The molecule has 122 valence electrons. The van der Waals surface area contributed by atoms with E-state index in [9.17, 15) is 0 Å². The Bertz CT molecular complexity index is 932. The highest BCUT2D eigenvalue weighted by Crippen LogP contribution is 2.54. The van der Waals surface area contributed by atoms with Gasteiger partial charge in [-0.05, 0) is 54.4 Å². The lowest BCUT2D eigenvalue weighted by molar-refractivity contribution is 0.414. The molecule has 0 amide bonds. The Balaban J connectivity index is 1.68. The van der Waals surface area contributed by atoms with Crippen molar-refractivity contribution in [1.29, 1.82) is 0 Å². The first kappa shape index (κ1) is 15.4. The standard InChI is InChI=1S/C18H16ClN3OS/c1-23-14-4-2-3-13(9-14)22-17(20-21-18(22)24)16-10-15(16)11-5-7-12(19)8-6-11/h2-9,15-16H,10H2,1H3,(H,21,24)/t15-,16+/m0/s1. The summed E-state index contributed by atoms with van der Waals surface area (Å²) >= 11 is 11.4. The first-order valence-electron chi connectivity index (χ1n) is 7.74. The molecule has 1 aromatic heterocycles. The van der Waals surface area contributed by atoms with Crippen LogP contribution in [0.2, 0.25) is 5.02 Å². The maximum absolute atomic E-state index is 5.98. The van der Waals surface area contributed by atoms with Crippen LogP contribution in [0.15, 0.2) is 48.5 Å². The summed E-state index contributed by atoms with van der Waals surface area (Å²) in [5, 5.41) is 8.17. The number of aromatic amines is 1. The van der Waals surface area contributed by atoms with E-state index in [0.717, 1.165) is 28.7 Å². The number of benzene rings is 2. The maximum atomic E-state index is 5.98. The van der Waals surface area contributed by atoms with E-state index < -0.39 is 0 Å². The van der Waals surface area contributed by atoms with Crippen LogP contribution in [0, 0.1) is 4.77 Å². The third kappa shape index (κ3) is 2.74. The van der Waals surface area contributed by atoms with Crippen molar-refractivity contribution in [2.24, 2.45) is 0 Å². The van der Waals surface area contributed by atoms with Gasteiger partial charge in [0.05, 0.1) is 12.8 Å². The number of halogens is 1. The van der Waals surface area contributed by atoms with E-state index in [1.165, 1.54) is 5.56 Å². The van der Waals surface area contributed by atoms with Gasteiger partial charge in [-0.25, -0.2) is 0 Å². The molecule has 1 fully saturated rings.